The second-order valence-corrected chi connectivity index (χ2v) is 9.32. The summed E-state index contributed by atoms with van der Waals surface area (Å²) in [6.45, 7) is 7.29. The van der Waals surface area contributed by atoms with Crippen LogP contribution in [0.25, 0.3) is 0 Å². The van der Waals surface area contributed by atoms with Gasteiger partial charge < -0.3 is 15.4 Å². The van der Waals surface area contributed by atoms with Gasteiger partial charge in [-0.2, -0.15) is 0 Å². The molecule has 3 aromatic rings. The van der Waals surface area contributed by atoms with E-state index in [1.54, 1.807) is 26.0 Å². The van der Waals surface area contributed by atoms with Crippen LogP contribution in [0.3, 0.4) is 0 Å². The highest BCUT2D eigenvalue weighted by Gasteiger charge is 2.32. The standard InChI is InChI=1S/C26H28N2O4S/c1-5-32-24(30)20-17(2)21(22(29)27-19-14-10-7-11-15-19)33-23(20)28-25(31)26(3,4)16-18-12-8-6-9-13-18/h6-15H,5,16H2,1-4H3,(H,27,29)(H,28,31). The van der Waals surface area contributed by atoms with Crippen LogP contribution in [0.5, 0.6) is 0 Å². The molecule has 172 valence electrons. The van der Waals surface area contributed by atoms with Crippen LogP contribution in [-0.4, -0.2) is 24.4 Å². The molecule has 0 saturated heterocycles. The summed E-state index contributed by atoms with van der Waals surface area (Å²) in [5, 5.41) is 6.04. The molecule has 2 N–H and O–H groups in total. The summed E-state index contributed by atoms with van der Waals surface area (Å²) in [5.41, 5.74) is 1.63. The summed E-state index contributed by atoms with van der Waals surface area (Å²) in [6, 6.07) is 18.8. The van der Waals surface area contributed by atoms with Gasteiger partial charge in [-0.1, -0.05) is 62.4 Å². The van der Waals surface area contributed by atoms with Crippen molar-refractivity contribution in [3.05, 3.63) is 82.2 Å². The molecular formula is C26H28N2O4S. The second kappa shape index (κ2) is 10.4. The minimum absolute atomic E-state index is 0.187. The molecule has 0 unspecified atom stereocenters. The van der Waals surface area contributed by atoms with Crippen molar-refractivity contribution in [2.24, 2.45) is 5.41 Å². The molecule has 6 nitrogen and oxygen atoms in total. The number of anilines is 2. The van der Waals surface area contributed by atoms with Crippen LogP contribution in [0.2, 0.25) is 0 Å². The lowest BCUT2D eigenvalue weighted by Crippen LogP contribution is -2.33. The SMILES string of the molecule is CCOC(=O)c1c(NC(=O)C(C)(C)Cc2ccccc2)sc(C(=O)Nc2ccccc2)c1C. The number of ether oxygens (including phenoxy) is 1. The Kier molecular flexibility index (Phi) is 7.66. The van der Waals surface area contributed by atoms with E-state index in [0.29, 0.717) is 27.5 Å². The van der Waals surface area contributed by atoms with E-state index in [1.807, 2.05) is 62.4 Å². The third-order valence-electron chi connectivity index (χ3n) is 5.19. The Morgan fingerprint density at radius 2 is 1.55 bits per heavy atom. The number of carbonyl (C=O) groups excluding carboxylic acids is 3. The Balaban J connectivity index is 1.89. The first-order chi connectivity index (χ1) is 15.7. The van der Waals surface area contributed by atoms with E-state index < -0.39 is 11.4 Å². The quantitative estimate of drug-likeness (QED) is 0.419. The van der Waals surface area contributed by atoms with Gasteiger partial charge in [-0.05, 0) is 43.5 Å². The van der Waals surface area contributed by atoms with Crippen molar-refractivity contribution in [1.82, 2.24) is 0 Å². The lowest BCUT2D eigenvalue weighted by molar-refractivity contribution is -0.123. The maximum absolute atomic E-state index is 13.2. The first-order valence-electron chi connectivity index (χ1n) is 10.7. The van der Waals surface area contributed by atoms with E-state index in [9.17, 15) is 14.4 Å². The van der Waals surface area contributed by atoms with Gasteiger partial charge in [0.05, 0.1) is 17.0 Å². The molecule has 0 bridgehead atoms. The van der Waals surface area contributed by atoms with Crippen molar-refractivity contribution < 1.29 is 19.1 Å². The number of nitrogens with one attached hydrogen (secondary N) is 2. The Morgan fingerprint density at radius 3 is 2.15 bits per heavy atom. The lowest BCUT2D eigenvalue weighted by atomic mass is 9.85. The van der Waals surface area contributed by atoms with Crippen LogP contribution in [0.1, 0.15) is 51.9 Å². The molecule has 1 aromatic heterocycles. The molecule has 3 rings (SSSR count). The van der Waals surface area contributed by atoms with Crippen molar-refractivity contribution in [2.45, 2.75) is 34.1 Å². The van der Waals surface area contributed by atoms with Gasteiger partial charge in [0.2, 0.25) is 5.91 Å². The number of rotatable bonds is 8. The van der Waals surface area contributed by atoms with Crippen LogP contribution in [0.15, 0.2) is 60.7 Å². The second-order valence-electron chi connectivity index (χ2n) is 8.30. The molecule has 0 aliphatic carbocycles. The number of hydrogen-bond donors (Lipinski definition) is 2. The van der Waals surface area contributed by atoms with Crippen molar-refractivity contribution in [3.8, 4) is 0 Å². The molecule has 0 atom stereocenters. The molecule has 2 aromatic carbocycles. The van der Waals surface area contributed by atoms with Crippen LogP contribution >= 0.6 is 11.3 Å². The molecule has 33 heavy (non-hydrogen) atoms. The van der Waals surface area contributed by atoms with Gasteiger partial charge in [0.15, 0.2) is 0 Å². The summed E-state index contributed by atoms with van der Waals surface area (Å²) in [6.07, 6.45) is 0.528. The normalized spacial score (nSPS) is 11.0. The van der Waals surface area contributed by atoms with Crippen molar-refractivity contribution >= 4 is 39.8 Å². The third kappa shape index (κ3) is 5.87. The fraction of sp³-hybridized carbons (Fsp3) is 0.269. The zero-order chi connectivity index (χ0) is 24.0. The van der Waals surface area contributed by atoms with Gasteiger partial charge in [0, 0.05) is 11.1 Å². The Bertz CT molecular complexity index is 1140. The lowest BCUT2D eigenvalue weighted by Gasteiger charge is -2.23. The predicted octanol–water partition coefficient (Wildman–Crippen LogP) is 5.69. The highest BCUT2D eigenvalue weighted by molar-refractivity contribution is 7.19. The predicted molar refractivity (Wildman–Crippen MR) is 132 cm³/mol. The molecule has 0 fully saturated rings. The largest absolute Gasteiger partial charge is 0.462 e. The van der Waals surface area contributed by atoms with E-state index in [1.165, 1.54) is 0 Å². The van der Waals surface area contributed by atoms with Gasteiger partial charge in [-0.25, -0.2) is 4.79 Å². The van der Waals surface area contributed by atoms with E-state index in [4.69, 9.17) is 4.74 Å². The van der Waals surface area contributed by atoms with Gasteiger partial charge in [-0.3, -0.25) is 9.59 Å². The topological polar surface area (TPSA) is 84.5 Å². The van der Waals surface area contributed by atoms with Gasteiger partial charge in [0.25, 0.3) is 5.91 Å². The molecule has 2 amide bonds. The summed E-state index contributed by atoms with van der Waals surface area (Å²) < 4.78 is 5.21. The summed E-state index contributed by atoms with van der Waals surface area (Å²) >= 11 is 1.07. The number of esters is 1. The fourth-order valence-corrected chi connectivity index (χ4v) is 4.52. The number of benzene rings is 2. The molecule has 0 spiro atoms. The molecule has 7 heteroatoms. The first kappa shape index (κ1) is 24.2. The minimum atomic E-state index is -0.738. The smallest absolute Gasteiger partial charge is 0.341 e. The van der Waals surface area contributed by atoms with Crippen LogP contribution in [-0.2, 0) is 16.0 Å². The molecular weight excluding hydrogens is 436 g/mol. The van der Waals surface area contributed by atoms with Crippen LogP contribution in [0, 0.1) is 12.3 Å². The van der Waals surface area contributed by atoms with Crippen LogP contribution in [0.4, 0.5) is 10.7 Å². The van der Waals surface area contributed by atoms with Crippen molar-refractivity contribution in [3.63, 3.8) is 0 Å². The maximum atomic E-state index is 13.2. The average molecular weight is 465 g/mol. The van der Waals surface area contributed by atoms with E-state index in [-0.39, 0.29) is 24.0 Å². The highest BCUT2D eigenvalue weighted by atomic mass is 32.1. The van der Waals surface area contributed by atoms with Gasteiger partial charge in [0.1, 0.15) is 5.00 Å². The summed E-state index contributed by atoms with van der Waals surface area (Å²) in [4.78, 5) is 39.2. The molecule has 0 aliphatic heterocycles. The number of carbonyl (C=O) groups is 3. The number of thiophene rings is 1. The Morgan fingerprint density at radius 1 is 0.939 bits per heavy atom. The zero-order valence-corrected chi connectivity index (χ0v) is 20.0. The third-order valence-corrected chi connectivity index (χ3v) is 6.40. The number of hydrogen-bond acceptors (Lipinski definition) is 5. The zero-order valence-electron chi connectivity index (χ0n) is 19.2. The number of amides is 2. The van der Waals surface area contributed by atoms with Gasteiger partial charge in [-0.15, -0.1) is 11.3 Å². The first-order valence-corrected chi connectivity index (χ1v) is 11.6. The van der Waals surface area contributed by atoms with E-state index in [0.717, 1.165) is 16.9 Å². The van der Waals surface area contributed by atoms with Crippen LogP contribution < -0.4 is 10.6 Å². The molecule has 0 saturated carbocycles. The molecule has 0 radical (unpaired) electrons. The molecule has 0 aliphatic rings. The Hall–Kier alpha value is -3.45. The summed E-state index contributed by atoms with van der Waals surface area (Å²) in [5.74, 6) is -1.16. The van der Waals surface area contributed by atoms with Crippen molar-refractivity contribution in [2.75, 3.05) is 17.2 Å². The average Bonchev–Trinajstić information content (AvgIpc) is 3.11. The molecule has 1 heterocycles. The minimum Gasteiger partial charge on any atom is -0.462 e. The van der Waals surface area contributed by atoms with E-state index >= 15 is 0 Å². The van der Waals surface area contributed by atoms with Gasteiger partial charge >= 0.3 is 5.97 Å². The van der Waals surface area contributed by atoms with Crippen molar-refractivity contribution in [1.29, 1.82) is 0 Å². The monoisotopic (exact) mass is 464 g/mol. The maximum Gasteiger partial charge on any atom is 0.341 e. The summed E-state index contributed by atoms with van der Waals surface area (Å²) in [7, 11) is 0. The Labute approximate surface area is 198 Å². The van der Waals surface area contributed by atoms with E-state index in [2.05, 4.69) is 10.6 Å². The number of para-hydroxylation sites is 1. The fourth-order valence-electron chi connectivity index (χ4n) is 3.44. The highest BCUT2D eigenvalue weighted by Crippen LogP contribution is 2.36.